The van der Waals surface area contributed by atoms with Gasteiger partial charge in [0.25, 0.3) is 0 Å². The van der Waals surface area contributed by atoms with Crippen LogP contribution in [-0.2, 0) is 15.3 Å². The van der Waals surface area contributed by atoms with Crippen molar-refractivity contribution in [1.82, 2.24) is 9.80 Å². The molecule has 0 aromatic heterocycles. The molecule has 1 saturated heterocycles. The number of benzene rings is 2. The quantitative estimate of drug-likeness (QED) is 0.501. The van der Waals surface area contributed by atoms with Crippen molar-refractivity contribution >= 4 is 29.3 Å². The van der Waals surface area contributed by atoms with Gasteiger partial charge in [0.15, 0.2) is 0 Å². The lowest BCUT2D eigenvalue weighted by Gasteiger charge is -2.34. The zero-order valence-corrected chi connectivity index (χ0v) is 20.5. The van der Waals surface area contributed by atoms with Crippen molar-refractivity contribution in [2.24, 2.45) is 0 Å². The maximum atomic E-state index is 9.55. The first-order chi connectivity index (χ1) is 17.0. The van der Waals surface area contributed by atoms with Crippen LogP contribution in [0.2, 0.25) is 0 Å². The van der Waals surface area contributed by atoms with E-state index in [0.717, 1.165) is 51.4 Å². The highest BCUT2D eigenvalue weighted by Crippen LogP contribution is 2.40. The predicted octanol–water partition coefficient (Wildman–Crippen LogP) is 3.44. The minimum Gasteiger partial charge on any atom is -0.478 e. The highest BCUT2D eigenvalue weighted by atomic mass is 32.2. The molecule has 35 heavy (non-hydrogen) atoms. The summed E-state index contributed by atoms with van der Waals surface area (Å²) in [5.41, 5.74) is 5.59. The van der Waals surface area contributed by atoms with Gasteiger partial charge in [0.1, 0.15) is 0 Å². The molecule has 2 aliphatic heterocycles. The number of piperazine rings is 1. The highest BCUT2D eigenvalue weighted by molar-refractivity contribution is 7.98. The number of β-amino-alcohol motifs (C(OH)–C–C–N with tert-alkyl or cyclic N) is 1. The Hall–Kier alpha value is -2.91. The van der Waals surface area contributed by atoms with Crippen LogP contribution in [0, 0.1) is 0 Å². The Balaban J connectivity index is 0.000000371. The molecule has 4 rings (SSSR count). The van der Waals surface area contributed by atoms with Crippen molar-refractivity contribution in [2.75, 3.05) is 45.9 Å². The maximum Gasteiger partial charge on any atom is 0.328 e. The van der Waals surface area contributed by atoms with Gasteiger partial charge in [-0.2, -0.15) is 0 Å². The topological polar surface area (TPSA) is 101 Å². The summed E-state index contributed by atoms with van der Waals surface area (Å²) in [7, 11) is 0. The van der Waals surface area contributed by atoms with Gasteiger partial charge >= 0.3 is 11.9 Å². The summed E-state index contributed by atoms with van der Waals surface area (Å²) in [6, 6.07) is 17.7. The number of fused-ring (bicyclic) bond motifs is 2. The molecule has 2 aromatic rings. The molecular formula is C27H32N2O5S. The van der Waals surface area contributed by atoms with E-state index in [1.165, 1.54) is 27.2 Å². The lowest BCUT2D eigenvalue weighted by atomic mass is 9.93. The molecule has 3 N–H and O–H groups in total. The molecule has 0 bridgehead atoms. The number of hydrogen-bond donors (Lipinski definition) is 3. The number of carboxylic acid groups (broad SMARTS) is 2. The number of carboxylic acids is 2. The lowest BCUT2D eigenvalue weighted by Crippen LogP contribution is -2.47. The summed E-state index contributed by atoms with van der Waals surface area (Å²) in [5.74, 6) is -1.48. The number of hydrogen-bond acceptors (Lipinski definition) is 6. The van der Waals surface area contributed by atoms with Gasteiger partial charge < -0.3 is 20.2 Å². The minimum absolute atomic E-state index is 0.267. The SMILES string of the molecule is O=C(O)/C=C\C(=O)O.OCCN1CCN(CC/C=C2/c3ccccc3CSc3ccccc32)CC1. The van der Waals surface area contributed by atoms with Crippen molar-refractivity contribution in [1.29, 1.82) is 0 Å². The van der Waals surface area contributed by atoms with Gasteiger partial charge in [-0.1, -0.05) is 48.5 Å². The summed E-state index contributed by atoms with van der Waals surface area (Å²) in [6.45, 7) is 6.53. The smallest absolute Gasteiger partial charge is 0.328 e. The van der Waals surface area contributed by atoms with Crippen LogP contribution in [0.25, 0.3) is 5.57 Å². The highest BCUT2D eigenvalue weighted by Gasteiger charge is 2.19. The molecule has 2 aliphatic rings. The number of carbonyl (C=O) groups is 2. The maximum absolute atomic E-state index is 9.55. The molecule has 0 saturated carbocycles. The zero-order valence-electron chi connectivity index (χ0n) is 19.7. The zero-order chi connectivity index (χ0) is 25.0. The monoisotopic (exact) mass is 496 g/mol. The second kappa shape index (κ2) is 13.8. The van der Waals surface area contributed by atoms with Gasteiger partial charge in [-0.25, -0.2) is 9.59 Å². The molecule has 0 amide bonds. The fourth-order valence-electron chi connectivity index (χ4n) is 4.16. The molecule has 0 spiro atoms. The van der Waals surface area contributed by atoms with E-state index in [9.17, 15) is 9.59 Å². The standard InChI is InChI=1S/C23H28N2OS.C4H4O4/c26-17-16-25-14-12-24(13-15-25)11-5-9-21-20-7-2-1-6-19(20)18-27-23-10-4-3-8-22(21)23;5-3(6)1-2-4(7)8/h1-4,6-10,26H,5,11-18H2;1-2H,(H,5,6)(H,7,8)/b21-9-;2-1-. The fourth-order valence-corrected chi connectivity index (χ4v) is 5.23. The Morgan fingerprint density at radius 3 is 2.03 bits per heavy atom. The molecule has 7 nitrogen and oxygen atoms in total. The number of nitrogens with zero attached hydrogens (tertiary/aromatic N) is 2. The van der Waals surface area contributed by atoms with Crippen molar-refractivity contribution in [3.05, 3.63) is 83.4 Å². The number of thioether (sulfide) groups is 1. The molecule has 0 atom stereocenters. The fraction of sp³-hybridized carbons (Fsp3) is 0.333. The third-order valence-electron chi connectivity index (χ3n) is 5.91. The van der Waals surface area contributed by atoms with Crippen LogP contribution < -0.4 is 0 Å². The molecule has 2 heterocycles. The van der Waals surface area contributed by atoms with E-state index in [4.69, 9.17) is 15.3 Å². The number of rotatable bonds is 7. The molecule has 0 radical (unpaired) electrons. The molecule has 186 valence electrons. The second-order valence-electron chi connectivity index (χ2n) is 8.27. The van der Waals surface area contributed by atoms with Gasteiger partial charge in [-0.15, -0.1) is 11.8 Å². The minimum atomic E-state index is -1.26. The van der Waals surface area contributed by atoms with Gasteiger partial charge in [0, 0.05) is 62.1 Å². The van der Waals surface area contributed by atoms with Crippen LogP contribution in [0.15, 0.2) is 71.7 Å². The summed E-state index contributed by atoms with van der Waals surface area (Å²) in [4.78, 5) is 25.4. The first-order valence-corrected chi connectivity index (χ1v) is 12.7. The van der Waals surface area contributed by atoms with Gasteiger partial charge in [0.2, 0.25) is 0 Å². The van der Waals surface area contributed by atoms with Crippen LogP contribution in [0.3, 0.4) is 0 Å². The van der Waals surface area contributed by atoms with E-state index in [0.29, 0.717) is 12.2 Å². The molecule has 1 fully saturated rings. The summed E-state index contributed by atoms with van der Waals surface area (Å²) in [5, 5.41) is 24.7. The molecular weight excluding hydrogens is 464 g/mol. The summed E-state index contributed by atoms with van der Waals surface area (Å²) >= 11 is 1.95. The van der Waals surface area contributed by atoms with E-state index in [-0.39, 0.29) is 6.61 Å². The Labute approximate surface area is 210 Å². The van der Waals surface area contributed by atoms with E-state index < -0.39 is 11.9 Å². The Morgan fingerprint density at radius 1 is 0.829 bits per heavy atom. The molecule has 0 unspecified atom stereocenters. The Bertz CT molecular complexity index is 996. The first kappa shape index (κ1) is 26.7. The largest absolute Gasteiger partial charge is 0.478 e. The number of aliphatic hydroxyl groups is 1. The van der Waals surface area contributed by atoms with E-state index in [1.54, 1.807) is 0 Å². The van der Waals surface area contributed by atoms with Crippen LogP contribution in [0.4, 0.5) is 0 Å². The Kier molecular flexibility index (Phi) is 10.6. The number of aliphatic carboxylic acids is 2. The van der Waals surface area contributed by atoms with Crippen LogP contribution in [0.1, 0.15) is 23.1 Å². The first-order valence-electron chi connectivity index (χ1n) is 11.7. The van der Waals surface area contributed by atoms with Crippen molar-refractivity contribution in [3.63, 3.8) is 0 Å². The third-order valence-corrected chi connectivity index (χ3v) is 7.03. The average Bonchev–Trinajstić information content (AvgIpc) is 3.02. The second-order valence-corrected chi connectivity index (χ2v) is 9.28. The normalized spacial score (nSPS) is 17.2. The third kappa shape index (κ3) is 8.36. The molecule has 0 aliphatic carbocycles. The van der Waals surface area contributed by atoms with Crippen LogP contribution in [-0.4, -0.2) is 82.9 Å². The lowest BCUT2D eigenvalue weighted by molar-refractivity contribution is -0.134. The van der Waals surface area contributed by atoms with E-state index in [1.807, 2.05) is 11.8 Å². The molecule has 2 aromatic carbocycles. The predicted molar refractivity (Wildman–Crippen MR) is 139 cm³/mol. The van der Waals surface area contributed by atoms with Crippen molar-refractivity contribution in [2.45, 2.75) is 17.1 Å². The van der Waals surface area contributed by atoms with Crippen LogP contribution in [0.5, 0.6) is 0 Å². The van der Waals surface area contributed by atoms with Crippen LogP contribution >= 0.6 is 11.8 Å². The average molecular weight is 497 g/mol. The Morgan fingerprint density at radius 2 is 1.40 bits per heavy atom. The molecule has 8 heteroatoms. The van der Waals surface area contributed by atoms with E-state index in [2.05, 4.69) is 64.4 Å². The van der Waals surface area contributed by atoms with E-state index >= 15 is 0 Å². The van der Waals surface area contributed by atoms with Gasteiger partial charge in [-0.3, -0.25) is 4.90 Å². The number of aliphatic hydroxyl groups excluding tert-OH is 1. The van der Waals surface area contributed by atoms with Crippen molar-refractivity contribution in [3.8, 4) is 0 Å². The summed E-state index contributed by atoms with van der Waals surface area (Å²) in [6.07, 6.45) is 4.64. The van der Waals surface area contributed by atoms with Gasteiger partial charge in [-0.05, 0) is 34.8 Å². The van der Waals surface area contributed by atoms with Gasteiger partial charge in [0.05, 0.1) is 6.61 Å². The summed E-state index contributed by atoms with van der Waals surface area (Å²) < 4.78 is 0. The van der Waals surface area contributed by atoms with Crippen molar-refractivity contribution < 1.29 is 24.9 Å².